The van der Waals surface area contributed by atoms with E-state index in [1.807, 2.05) is 24.3 Å². The van der Waals surface area contributed by atoms with E-state index in [9.17, 15) is 4.79 Å². The van der Waals surface area contributed by atoms with Crippen LogP contribution in [0.15, 0.2) is 28.7 Å². The van der Waals surface area contributed by atoms with E-state index < -0.39 is 0 Å². The molecule has 1 aromatic carbocycles. The van der Waals surface area contributed by atoms with Gasteiger partial charge in [0.15, 0.2) is 5.78 Å². The molecule has 2 heteroatoms. The van der Waals surface area contributed by atoms with E-state index in [0.717, 1.165) is 10.0 Å². The first kappa shape index (κ1) is 11.0. The van der Waals surface area contributed by atoms with Gasteiger partial charge >= 0.3 is 0 Å². The highest BCUT2D eigenvalue weighted by Crippen LogP contribution is 2.13. The Kier molecular flexibility index (Phi) is 4.42. The van der Waals surface area contributed by atoms with Crippen molar-refractivity contribution < 1.29 is 4.79 Å². The van der Waals surface area contributed by atoms with Crippen LogP contribution >= 0.6 is 15.9 Å². The van der Waals surface area contributed by atoms with Crippen LogP contribution in [0.25, 0.3) is 0 Å². The molecule has 1 rings (SSSR count). The predicted molar refractivity (Wildman–Crippen MR) is 61.2 cm³/mol. The number of benzene rings is 1. The fourth-order valence-electron chi connectivity index (χ4n) is 1.11. The molecule has 14 heavy (non-hydrogen) atoms. The molecule has 0 fully saturated rings. The Morgan fingerprint density at radius 2 is 2.29 bits per heavy atom. The summed E-state index contributed by atoms with van der Waals surface area (Å²) < 4.78 is 0.935. The average Bonchev–Trinajstić information content (AvgIpc) is 2.18. The molecule has 0 N–H and O–H groups in total. The predicted octanol–water partition coefficient (Wildman–Crippen LogP) is 3.44. The second-order valence-electron chi connectivity index (χ2n) is 2.86. The van der Waals surface area contributed by atoms with Gasteiger partial charge in [-0.05, 0) is 19.1 Å². The van der Waals surface area contributed by atoms with Gasteiger partial charge in [-0.15, -0.1) is 11.8 Å². The van der Waals surface area contributed by atoms with Gasteiger partial charge in [-0.1, -0.05) is 28.1 Å². The van der Waals surface area contributed by atoms with Gasteiger partial charge in [0, 0.05) is 22.9 Å². The molecular formula is C12H11BrO. The van der Waals surface area contributed by atoms with E-state index in [1.165, 1.54) is 0 Å². The van der Waals surface area contributed by atoms with E-state index in [-0.39, 0.29) is 5.78 Å². The second-order valence-corrected chi connectivity index (χ2v) is 3.78. The molecule has 0 aromatic heterocycles. The van der Waals surface area contributed by atoms with Gasteiger partial charge in [0.1, 0.15) is 0 Å². The summed E-state index contributed by atoms with van der Waals surface area (Å²) in [5, 5.41) is 0. The number of Topliss-reactive ketones (excluding diaryl/α,β-unsaturated/α-hetero) is 1. The van der Waals surface area contributed by atoms with Crippen LogP contribution in [0.3, 0.4) is 0 Å². The number of ketones is 1. The Bertz CT molecular complexity index is 385. The molecule has 0 aliphatic heterocycles. The van der Waals surface area contributed by atoms with Crippen molar-refractivity contribution >= 4 is 21.7 Å². The second kappa shape index (κ2) is 5.62. The quantitative estimate of drug-likeness (QED) is 0.594. The normalized spacial score (nSPS) is 9.00. The smallest absolute Gasteiger partial charge is 0.163 e. The topological polar surface area (TPSA) is 17.1 Å². The first-order valence-corrected chi connectivity index (χ1v) is 5.21. The van der Waals surface area contributed by atoms with Crippen molar-refractivity contribution in [3.05, 3.63) is 34.3 Å². The number of carbonyl (C=O) groups is 1. The van der Waals surface area contributed by atoms with E-state index >= 15 is 0 Å². The maximum atomic E-state index is 11.6. The maximum absolute atomic E-state index is 11.6. The van der Waals surface area contributed by atoms with Crippen molar-refractivity contribution in [2.45, 2.75) is 19.8 Å². The summed E-state index contributed by atoms with van der Waals surface area (Å²) >= 11 is 3.33. The largest absolute Gasteiger partial charge is 0.294 e. The molecule has 72 valence electrons. The minimum atomic E-state index is 0.147. The fraction of sp³-hybridized carbons (Fsp3) is 0.250. The van der Waals surface area contributed by atoms with Crippen molar-refractivity contribution in [1.82, 2.24) is 0 Å². The van der Waals surface area contributed by atoms with Crippen LogP contribution in [0.2, 0.25) is 0 Å². The van der Waals surface area contributed by atoms with Gasteiger partial charge in [0.25, 0.3) is 0 Å². The zero-order valence-corrected chi connectivity index (χ0v) is 9.60. The lowest BCUT2D eigenvalue weighted by molar-refractivity contribution is 0.0984. The molecule has 0 bridgehead atoms. The van der Waals surface area contributed by atoms with E-state index in [1.54, 1.807) is 6.92 Å². The first-order chi connectivity index (χ1) is 6.74. The third-order valence-electron chi connectivity index (χ3n) is 1.80. The Labute approximate surface area is 92.6 Å². The Hall–Kier alpha value is -1.07. The first-order valence-electron chi connectivity index (χ1n) is 4.42. The molecule has 1 aromatic rings. The molecule has 0 heterocycles. The van der Waals surface area contributed by atoms with Crippen LogP contribution in [-0.4, -0.2) is 5.78 Å². The molecule has 1 nitrogen and oxygen atoms in total. The molecule has 0 saturated heterocycles. The van der Waals surface area contributed by atoms with Crippen LogP contribution in [-0.2, 0) is 0 Å². The Balaban J connectivity index is 2.63. The standard InChI is InChI=1S/C12H11BrO/c1-2-3-4-8-12(14)10-6-5-7-11(13)9-10/h5-7,9H,4,8H2,1H3. The van der Waals surface area contributed by atoms with Gasteiger partial charge in [-0.2, -0.15) is 0 Å². The summed E-state index contributed by atoms with van der Waals surface area (Å²) in [5.41, 5.74) is 0.747. The third-order valence-corrected chi connectivity index (χ3v) is 2.29. The molecule has 0 aliphatic carbocycles. The number of hydrogen-bond acceptors (Lipinski definition) is 1. The lowest BCUT2D eigenvalue weighted by Gasteiger charge is -1.98. The number of rotatable bonds is 3. The highest BCUT2D eigenvalue weighted by molar-refractivity contribution is 9.10. The summed E-state index contributed by atoms with van der Waals surface area (Å²) in [5.74, 6) is 5.80. The van der Waals surface area contributed by atoms with E-state index in [2.05, 4.69) is 27.8 Å². The molecule has 0 spiro atoms. The third kappa shape index (κ3) is 3.35. The molecule has 0 unspecified atom stereocenters. The minimum Gasteiger partial charge on any atom is -0.294 e. The van der Waals surface area contributed by atoms with Gasteiger partial charge in [-0.3, -0.25) is 4.79 Å². The van der Waals surface area contributed by atoms with Crippen LogP contribution in [0.1, 0.15) is 30.1 Å². The molecular weight excluding hydrogens is 240 g/mol. The SMILES string of the molecule is CC#CCCC(=O)c1cccc(Br)c1. The molecule has 0 aliphatic rings. The monoisotopic (exact) mass is 250 g/mol. The van der Waals surface area contributed by atoms with Gasteiger partial charge in [0.05, 0.1) is 0 Å². The molecule has 0 saturated carbocycles. The van der Waals surface area contributed by atoms with Gasteiger partial charge in [0.2, 0.25) is 0 Å². The van der Waals surface area contributed by atoms with Crippen LogP contribution in [0, 0.1) is 11.8 Å². The summed E-state index contributed by atoms with van der Waals surface area (Å²) in [7, 11) is 0. The zero-order chi connectivity index (χ0) is 10.4. The maximum Gasteiger partial charge on any atom is 0.163 e. The van der Waals surface area contributed by atoms with Crippen molar-refractivity contribution in [3.63, 3.8) is 0 Å². The van der Waals surface area contributed by atoms with Crippen LogP contribution in [0.5, 0.6) is 0 Å². The summed E-state index contributed by atoms with van der Waals surface area (Å²) in [6.45, 7) is 1.78. The fourth-order valence-corrected chi connectivity index (χ4v) is 1.51. The summed E-state index contributed by atoms with van der Waals surface area (Å²) in [4.78, 5) is 11.6. The Morgan fingerprint density at radius 1 is 1.50 bits per heavy atom. The molecule has 0 amide bonds. The van der Waals surface area contributed by atoms with Crippen molar-refractivity contribution in [2.75, 3.05) is 0 Å². The van der Waals surface area contributed by atoms with Crippen molar-refractivity contribution in [2.24, 2.45) is 0 Å². The lowest BCUT2D eigenvalue weighted by Crippen LogP contribution is -1.97. The average molecular weight is 251 g/mol. The van der Waals surface area contributed by atoms with Crippen molar-refractivity contribution in [1.29, 1.82) is 0 Å². The summed E-state index contributed by atoms with van der Waals surface area (Å²) in [6.07, 6.45) is 1.14. The van der Waals surface area contributed by atoms with Crippen LogP contribution < -0.4 is 0 Å². The molecule has 0 atom stereocenters. The number of carbonyl (C=O) groups excluding carboxylic acids is 1. The number of hydrogen-bond donors (Lipinski definition) is 0. The lowest BCUT2D eigenvalue weighted by atomic mass is 10.1. The van der Waals surface area contributed by atoms with Gasteiger partial charge in [-0.25, -0.2) is 0 Å². The Morgan fingerprint density at radius 3 is 2.93 bits per heavy atom. The van der Waals surface area contributed by atoms with Gasteiger partial charge < -0.3 is 0 Å². The zero-order valence-electron chi connectivity index (χ0n) is 8.01. The van der Waals surface area contributed by atoms with E-state index in [4.69, 9.17) is 0 Å². The summed E-state index contributed by atoms with van der Waals surface area (Å²) in [6, 6.07) is 7.43. The highest BCUT2D eigenvalue weighted by atomic mass is 79.9. The van der Waals surface area contributed by atoms with Crippen molar-refractivity contribution in [3.8, 4) is 11.8 Å². The highest BCUT2D eigenvalue weighted by Gasteiger charge is 2.04. The minimum absolute atomic E-state index is 0.147. The molecule has 0 radical (unpaired) electrons. The van der Waals surface area contributed by atoms with Crippen LogP contribution in [0.4, 0.5) is 0 Å². The van der Waals surface area contributed by atoms with E-state index in [0.29, 0.717) is 12.8 Å². The number of halogens is 1.